The molecule has 1 aliphatic rings. The quantitative estimate of drug-likeness (QED) is 0.840. The van der Waals surface area contributed by atoms with E-state index in [0.29, 0.717) is 37.7 Å². The first kappa shape index (κ1) is 17.3. The molecule has 0 radical (unpaired) electrons. The number of amides is 2. The molecule has 0 N–H and O–H groups in total. The molecule has 7 nitrogen and oxygen atoms in total. The molecule has 0 atom stereocenters. The molecule has 1 saturated heterocycles. The van der Waals surface area contributed by atoms with E-state index in [1.54, 1.807) is 29.1 Å². The van der Waals surface area contributed by atoms with Crippen LogP contribution in [-0.2, 0) is 4.74 Å². The Morgan fingerprint density at radius 2 is 1.96 bits per heavy atom. The highest BCUT2D eigenvalue weighted by atomic mass is 32.1. The second-order valence-electron chi connectivity index (χ2n) is 5.65. The van der Waals surface area contributed by atoms with Crippen molar-refractivity contribution in [3.05, 3.63) is 35.1 Å². The van der Waals surface area contributed by atoms with E-state index in [4.69, 9.17) is 4.74 Å². The highest BCUT2D eigenvalue weighted by Crippen LogP contribution is 2.28. The lowest BCUT2D eigenvalue weighted by atomic mass is 10.3. The summed E-state index contributed by atoms with van der Waals surface area (Å²) in [5.74, 6) is -0.0337. The molecule has 0 saturated carbocycles. The molecule has 2 amide bonds. The summed E-state index contributed by atoms with van der Waals surface area (Å²) >= 11 is 1.38. The predicted molar refractivity (Wildman–Crippen MR) is 94.6 cm³/mol. The SMILES string of the molecule is CCOC(=O)N1CCN(C(=O)c2sc(-c3cccnc3)nc2C)CC1. The predicted octanol–water partition coefficient (Wildman–Crippen LogP) is 2.43. The van der Waals surface area contributed by atoms with Gasteiger partial charge in [-0.2, -0.15) is 0 Å². The minimum atomic E-state index is -0.317. The first-order valence-corrected chi connectivity index (χ1v) is 9.00. The number of aryl methyl sites for hydroxylation is 1. The van der Waals surface area contributed by atoms with Crippen molar-refractivity contribution in [1.82, 2.24) is 19.8 Å². The summed E-state index contributed by atoms with van der Waals surface area (Å²) < 4.78 is 5.00. The van der Waals surface area contributed by atoms with Gasteiger partial charge >= 0.3 is 6.09 Å². The minimum Gasteiger partial charge on any atom is -0.450 e. The lowest BCUT2D eigenvalue weighted by Crippen LogP contribution is -2.50. The van der Waals surface area contributed by atoms with Gasteiger partial charge < -0.3 is 14.5 Å². The van der Waals surface area contributed by atoms with Gasteiger partial charge in [-0.15, -0.1) is 11.3 Å². The lowest BCUT2D eigenvalue weighted by molar-refractivity contribution is 0.0573. The van der Waals surface area contributed by atoms with Crippen molar-refractivity contribution in [2.24, 2.45) is 0 Å². The number of pyridine rings is 1. The van der Waals surface area contributed by atoms with Crippen LogP contribution in [0.5, 0.6) is 0 Å². The Labute approximate surface area is 150 Å². The topological polar surface area (TPSA) is 75.6 Å². The summed E-state index contributed by atoms with van der Waals surface area (Å²) in [6, 6.07) is 3.78. The van der Waals surface area contributed by atoms with Crippen molar-refractivity contribution < 1.29 is 14.3 Å². The number of hydrogen-bond donors (Lipinski definition) is 0. The Morgan fingerprint density at radius 3 is 2.60 bits per heavy atom. The van der Waals surface area contributed by atoms with Gasteiger partial charge in [0.15, 0.2) is 0 Å². The van der Waals surface area contributed by atoms with Gasteiger partial charge in [0, 0.05) is 44.1 Å². The molecule has 0 unspecified atom stereocenters. The van der Waals surface area contributed by atoms with Gasteiger partial charge in [0.25, 0.3) is 5.91 Å². The third kappa shape index (κ3) is 3.79. The zero-order valence-corrected chi connectivity index (χ0v) is 15.1. The summed E-state index contributed by atoms with van der Waals surface area (Å²) in [7, 11) is 0. The van der Waals surface area contributed by atoms with Gasteiger partial charge in [0.2, 0.25) is 0 Å². The fourth-order valence-electron chi connectivity index (χ4n) is 2.66. The molecule has 132 valence electrons. The molecule has 0 aromatic carbocycles. The van der Waals surface area contributed by atoms with Crippen molar-refractivity contribution >= 4 is 23.3 Å². The van der Waals surface area contributed by atoms with Crippen molar-refractivity contribution in [3.63, 3.8) is 0 Å². The Balaban J connectivity index is 1.68. The normalized spacial score (nSPS) is 14.5. The molecule has 3 rings (SSSR count). The molecule has 2 aromatic heterocycles. The van der Waals surface area contributed by atoms with E-state index in [2.05, 4.69) is 9.97 Å². The molecule has 25 heavy (non-hydrogen) atoms. The van der Waals surface area contributed by atoms with Crippen LogP contribution in [0.15, 0.2) is 24.5 Å². The zero-order valence-electron chi connectivity index (χ0n) is 14.3. The number of carbonyl (C=O) groups excluding carboxylic acids is 2. The molecular weight excluding hydrogens is 340 g/mol. The number of carbonyl (C=O) groups is 2. The summed E-state index contributed by atoms with van der Waals surface area (Å²) in [6.45, 7) is 5.95. The smallest absolute Gasteiger partial charge is 0.409 e. The van der Waals surface area contributed by atoms with Gasteiger partial charge in [0.1, 0.15) is 9.88 Å². The van der Waals surface area contributed by atoms with Crippen LogP contribution in [0.2, 0.25) is 0 Å². The molecule has 0 spiro atoms. The highest BCUT2D eigenvalue weighted by molar-refractivity contribution is 7.17. The van der Waals surface area contributed by atoms with Crippen LogP contribution >= 0.6 is 11.3 Å². The Kier molecular flexibility index (Phi) is 5.28. The third-order valence-electron chi connectivity index (χ3n) is 3.99. The first-order valence-electron chi connectivity index (χ1n) is 8.19. The standard InChI is InChI=1S/C17H20N4O3S/c1-3-24-17(23)21-9-7-20(8-10-21)16(22)14-12(2)19-15(25-14)13-5-4-6-18-11-13/h4-6,11H,3,7-10H2,1-2H3. The molecular formula is C17H20N4O3S. The summed E-state index contributed by atoms with van der Waals surface area (Å²) in [6.07, 6.45) is 3.13. The Morgan fingerprint density at radius 1 is 1.24 bits per heavy atom. The Hall–Kier alpha value is -2.48. The summed E-state index contributed by atoms with van der Waals surface area (Å²) in [5, 5.41) is 0.791. The third-order valence-corrected chi connectivity index (χ3v) is 5.19. The van der Waals surface area contributed by atoms with E-state index in [0.717, 1.165) is 16.3 Å². The van der Waals surface area contributed by atoms with Crippen LogP contribution in [0.1, 0.15) is 22.3 Å². The largest absolute Gasteiger partial charge is 0.450 e. The average molecular weight is 360 g/mol. The second kappa shape index (κ2) is 7.60. The molecule has 3 heterocycles. The van der Waals surface area contributed by atoms with Crippen molar-refractivity contribution in [1.29, 1.82) is 0 Å². The number of aromatic nitrogens is 2. The summed E-state index contributed by atoms with van der Waals surface area (Å²) in [4.78, 5) is 37.2. The van der Waals surface area contributed by atoms with E-state index in [-0.39, 0.29) is 12.0 Å². The van der Waals surface area contributed by atoms with E-state index in [1.807, 2.05) is 19.1 Å². The van der Waals surface area contributed by atoms with Crippen LogP contribution in [0.4, 0.5) is 4.79 Å². The van der Waals surface area contributed by atoms with Crippen LogP contribution in [0.3, 0.4) is 0 Å². The first-order chi connectivity index (χ1) is 12.1. The van der Waals surface area contributed by atoms with E-state index in [1.165, 1.54) is 11.3 Å². The van der Waals surface area contributed by atoms with Crippen LogP contribution in [0.25, 0.3) is 10.6 Å². The van der Waals surface area contributed by atoms with Gasteiger partial charge in [0.05, 0.1) is 12.3 Å². The lowest BCUT2D eigenvalue weighted by Gasteiger charge is -2.33. The molecule has 0 bridgehead atoms. The van der Waals surface area contributed by atoms with Crippen LogP contribution in [-0.4, -0.2) is 64.6 Å². The van der Waals surface area contributed by atoms with Crippen molar-refractivity contribution in [2.75, 3.05) is 32.8 Å². The Bertz CT molecular complexity index is 755. The minimum absolute atomic E-state index is 0.0337. The van der Waals surface area contributed by atoms with Gasteiger partial charge in [-0.1, -0.05) is 0 Å². The van der Waals surface area contributed by atoms with Crippen LogP contribution in [0, 0.1) is 6.92 Å². The van der Waals surface area contributed by atoms with E-state index in [9.17, 15) is 9.59 Å². The maximum Gasteiger partial charge on any atom is 0.409 e. The number of nitrogens with zero attached hydrogens (tertiary/aromatic N) is 4. The highest BCUT2D eigenvalue weighted by Gasteiger charge is 2.27. The zero-order chi connectivity index (χ0) is 17.8. The monoisotopic (exact) mass is 360 g/mol. The number of piperazine rings is 1. The second-order valence-corrected chi connectivity index (χ2v) is 6.65. The van der Waals surface area contributed by atoms with Gasteiger partial charge in [-0.25, -0.2) is 9.78 Å². The van der Waals surface area contributed by atoms with Crippen molar-refractivity contribution in [2.45, 2.75) is 13.8 Å². The molecule has 2 aromatic rings. The molecule has 1 aliphatic heterocycles. The van der Waals surface area contributed by atoms with E-state index >= 15 is 0 Å². The maximum absolute atomic E-state index is 12.8. The maximum atomic E-state index is 12.8. The van der Waals surface area contributed by atoms with Crippen molar-refractivity contribution in [3.8, 4) is 10.6 Å². The van der Waals surface area contributed by atoms with Gasteiger partial charge in [-0.05, 0) is 26.0 Å². The number of rotatable bonds is 3. The summed E-state index contributed by atoms with van der Waals surface area (Å²) in [5.41, 5.74) is 1.63. The number of ether oxygens (including phenoxy) is 1. The fraction of sp³-hybridized carbons (Fsp3) is 0.412. The molecule has 8 heteroatoms. The van der Waals surface area contributed by atoms with Gasteiger partial charge in [-0.3, -0.25) is 9.78 Å². The van der Waals surface area contributed by atoms with Crippen LogP contribution < -0.4 is 0 Å². The number of thiazole rings is 1. The molecule has 0 aliphatic carbocycles. The van der Waals surface area contributed by atoms with E-state index < -0.39 is 0 Å². The molecule has 1 fully saturated rings. The number of hydrogen-bond acceptors (Lipinski definition) is 6. The average Bonchev–Trinajstić information content (AvgIpc) is 3.04. The fourth-order valence-corrected chi connectivity index (χ4v) is 3.68.